The Morgan fingerprint density at radius 1 is 0.654 bits per heavy atom. The highest BCUT2D eigenvalue weighted by Crippen LogP contribution is 2.39. The fourth-order valence-electron chi connectivity index (χ4n) is 2.04. The number of benzene rings is 2. The predicted octanol–water partition coefficient (Wildman–Crippen LogP) is 0.505. The average Bonchev–Trinajstić information content (AvgIpc) is 2.44. The van der Waals surface area contributed by atoms with Gasteiger partial charge in [-0.3, -0.25) is 13.7 Å². The summed E-state index contributed by atoms with van der Waals surface area (Å²) in [5.74, 6) is -2.04. The van der Waals surface area contributed by atoms with E-state index in [9.17, 15) is 35.5 Å². The summed E-state index contributed by atoms with van der Waals surface area (Å²) in [6.45, 7) is 0. The van der Waals surface area contributed by atoms with Crippen molar-refractivity contribution in [2.24, 2.45) is 0 Å². The summed E-state index contributed by atoms with van der Waals surface area (Å²) in [4.78, 5) is -3.32. The molecule has 0 atom stereocenters. The highest BCUT2D eigenvalue weighted by molar-refractivity contribution is 7.86. The van der Waals surface area contributed by atoms with E-state index >= 15 is 0 Å². The summed E-state index contributed by atoms with van der Waals surface area (Å²) in [7, 11) is -15.0. The van der Waals surface area contributed by atoms with Gasteiger partial charge in [-0.2, -0.15) is 25.3 Å². The van der Waals surface area contributed by atoms with Gasteiger partial charge < -0.3 is 10.2 Å². The minimum Gasteiger partial charge on any atom is -0.506 e. The molecule has 0 amide bonds. The largest absolute Gasteiger partial charge is 0.506 e. The van der Waals surface area contributed by atoms with Gasteiger partial charge in [-0.15, -0.1) is 0 Å². The zero-order chi connectivity index (χ0) is 20.1. The monoisotopic (exact) mass is 426 g/mol. The maximum absolute atomic E-state index is 11.3. The molecule has 11 nitrogen and oxygen atoms in total. The fourth-order valence-corrected chi connectivity index (χ4v) is 3.88. The standard InChI is InChI=1S/C12H10O11S3/c13-9-2-1-6(3-10(9)25(18,19)20)8-4-7(24(15,16)17)5-11(12(8)14)26(21,22)23/h1-5,13-14H,(H,15,16,17)(H,18,19,20)(H,21,22,23). The third-order valence-electron chi connectivity index (χ3n) is 3.17. The van der Waals surface area contributed by atoms with E-state index in [0.717, 1.165) is 12.1 Å². The molecule has 5 N–H and O–H groups in total. The van der Waals surface area contributed by atoms with Crippen LogP contribution in [0.1, 0.15) is 0 Å². The van der Waals surface area contributed by atoms with E-state index in [-0.39, 0.29) is 11.6 Å². The van der Waals surface area contributed by atoms with Crippen molar-refractivity contribution in [1.82, 2.24) is 0 Å². The van der Waals surface area contributed by atoms with Crippen molar-refractivity contribution in [2.45, 2.75) is 14.7 Å². The predicted molar refractivity (Wildman–Crippen MR) is 84.7 cm³/mol. The SMILES string of the molecule is O=S(=O)(O)c1cc(-c2ccc(O)c(S(=O)(=O)O)c2)c(O)c(S(=O)(=O)O)c1. The molecule has 0 radical (unpaired) electrons. The molecule has 0 fully saturated rings. The topological polar surface area (TPSA) is 204 Å². The molecule has 0 unspecified atom stereocenters. The molecule has 0 aliphatic carbocycles. The van der Waals surface area contributed by atoms with Crippen molar-refractivity contribution < 1.29 is 49.1 Å². The Morgan fingerprint density at radius 3 is 1.65 bits per heavy atom. The Labute approximate surface area is 147 Å². The third-order valence-corrected chi connectivity index (χ3v) is 5.75. The molecule has 14 heteroatoms. The van der Waals surface area contributed by atoms with Gasteiger partial charge in [0.1, 0.15) is 21.3 Å². The van der Waals surface area contributed by atoms with Crippen LogP contribution in [0.2, 0.25) is 0 Å². The zero-order valence-corrected chi connectivity index (χ0v) is 14.7. The summed E-state index contributed by atoms with van der Waals surface area (Å²) in [6, 6.07) is 3.22. The van der Waals surface area contributed by atoms with Gasteiger partial charge in [0, 0.05) is 5.56 Å². The van der Waals surface area contributed by atoms with Crippen LogP contribution in [0.4, 0.5) is 0 Å². The Kier molecular flexibility index (Phi) is 4.78. The summed E-state index contributed by atoms with van der Waals surface area (Å²) in [5.41, 5.74) is -0.985. The second-order valence-electron chi connectivity index (χ2n) is 4.93. The molecule has 142 valence electrons. The van der Waals surface area contributed by atoms with Gasteiger partial charge in [0.05, 0.1) is 4.90 Å². The summed E-state index contributed by atoms with van der Waals surface area (Å²) >= 11 is 0. The van der Waals surface area contributed by atoms with Gasteiger partial charge >= 0.3 is 0 Å². The van der Waals surface area contributed by atoms with Gasteiger partial charge in [-0.05, 0) is 29.8 Å². The zero-order valence-electron chi connectivity index (χ0n) is 12.3. The van der Waals surface area contributed by atoms with E-state index in [1.165, 1.54) is 0 Å². The third kappa shape index (κ3) is 3.95. The molecule has 0 spiro atoms. The molecule has 2 aromatic carbocycles. The molecule has 0 saturated heterocycles. The van der Waals surface area contributed by atoms with Crippen LogP contribution in [0.5, 0.6) is 11.5 Å². The van der Waals surface area contributed by atoms with Crippen LogP contribution in [0, 0.1) is 0 Å². The number of phenolic OH excluding ortho intramolecular Hbond substituents is 2. The Morgan fingerprint density at radius 2 is 1.19 bits per heavy atom. The smallest absolute Gasteiger partial charge is 0.298 e. The summed E-state index contributed by atoms with van der Waals surface area (Å²) in [5, 5.41) is 19.5. The van der Waals surface area contributed by atoms with Crippen molar-refractivity contribution in [2.75, 3.05) is 0 Å². The first-order chi connectivity index (χ1) is 11.6. The molecule has 2 rings (SSSR count). The molecule has 2 aromatic rings. The maximum atomic E-state index is 11.3. The van der Waals surface area contributed by atoms with E-state index in [4.69, 9.17) is 13.7 Å². The van der Waals surface area contributed by atoms with Gasteiger partial charge in [-0.1, -0.05) is 6.07 Å². The lowest BCUT2D eigenvalue weighted by Gasteiger charge is -2.12. The first-order valence-corrected chi connectivity index (χ1v) is 10.6. The summed E-state index contributed by atoms with van der Waals surface area (Å²) < 4.78 is 95.1. The summed E-state index contributed by atoms with van der Waals surface area (Å²) in [6.07, 6.45) is 0. The Hall–Kier alpha value is -2.23. The van der Waals surface area contributed by atoms with E-state index in [2.05, 4.69) is 0 Å². The van der Waals surface area contributed by atoms with Crippen LogP contribution >= 0.6 is 0 Å². The molecule has 0 saturated carbocycles. The Balaban J connectivity index is 2.95. The van der Waals surface area contributed by atoms with Crippen molar-refractivity contribution in [3.8, 4) is 22.6 Å². The van der Waals surface area contributed by atoms with Crippen LogP contribution in [0.25, 0.3) is 11.1 Å². The molecule has 0 aliphatic heterocycles. The number of phenols is 2. The molecule has 0 aliphatic rings. The van der Waals surface area contributed by atoms with Gasteiger partial charge in [-0.25, -0.2) is 0 Å². The minimum absolute atomic E-state index is 0.285. The van der Waals surface area contributed by atoms with E-state index in [1.807, 2.05) is 0 Å². The highest BCUT2D eigenvalue weighted by Gasteiger charge is 2.26. The second kappa shape index (κ2) is 6.19. The van der Waals surface area contributed by atoms with Gasteiger partial charge in [0.2, 0.25) is 0 Å². The average molecular weight is 426 g/mol. The molecule has 26 heavy (non-hydrogen) atoms. The molecular formula is C12H10O11S3. The maximum Gasteiger partial charge on any atom is 0.298 e. The van der Waals surface area contributed by atoms with Crippen LogP contribution in [-0.4, -0.2) is 49.1 Å². The first kappa shape index (κ1) is 20.1. The van der Waals surface area contributed by atoms with Gasteiger partial charge in [0.25, 0.3) is 30.4 Å². The number of rotatable bonds is 4. The van der Waals surface area contributed by atoms with Crippen molar-refractivity contribution in [3.63, 3.8) is 0 Å². The number of hydrogen-bond acceptors (Lipinski definition) is 8. The molecule has 0 aromatic heterocycles. The molecule has 0 heterocycles. The van der Waals surface area contributed by atoms with Crippen LogP contribution in [-0.2, 0) is 30.4 Å². The fraction of sp³-hybridized carbons (Fsp3) is 0. The van der Waals surface area contributed by atoms with Crippen LogP contribution in [0.15, 0.2) is 45.0 Å². The lowest BCUT2D eigenvalue weighted by Crippen LogP contribution is -2.05. The lowest BCUT2D eigenvalue weighted by molar-refractivity contribution is 0.439. The Bertz CT molecular complexity index is 1210. The quantitative estimate of drug-likeness (QED) is 0.426. The first-order valence-electron chi connectivity index (χ1n) is 6.25. The van der Waals surface area contributed by atoms with E-state index in [0.29, 0.717) is 12.1 Å². The van der Waals surface area contributed by atoms with Crippen molar-refractivity contribution >= 4 is 30.4 Å². The number of hydrogen-bond donors (Lipinski definition) is 5. The van der Waals surface area contributed by atoms with E-state index < -0.39 is 62.1 Å². The second-order valence-corrected chi connectivity index (χ2v) is 9.13. The van der Waals surface area contributed by atoms with Crippen LogP contribution in [0.3, 0.4) is 0 Å². The highest BCUT2D eigenvalue weighted by atomic mass is 32.2. The number of aromatic hydroxyl groups is 2. The molecular weight excluding hydrogens is 416 g/mol. The molecule has 0 bridgehead atoms. The van der Waals surface area contributed by atoms with Crippen molar-refractivity contribution in [3.05, 3.63) is 30.3 Å². The lowest BCUT2D eigenvalue weighted by atomic mass is 10.0. The van der Waals surface area contributed by atoms with Crippen molar-refractivity contribution in [1.29, 1.82) is 0 Å². The van der Waals surface area contributed by atoms with Gasteiger partial charge in [0.15, 0.2) is 0 Å². The normalized spacial score (nSPS) is 12.9. The van der Waals surface area contributed by atoms with E-state index in [1.54, 1.807) is 0 Å². The van der Waals surface area contributed by atoms with Crippen LogP contribution < -0.4 is 0 Å². The minimum atomic E-state index is -5.14.